The van der Waals surface area contributed by atoms with Crippen molar-refractivity contribution in [1.82, 2.24) is 20.5 Å². The quantitative estimate of drug-likeness (QED) is 0.848. The van der Waals surface area contributed by atoms with Crippen LogP contribution in [0.5, 0.6) is 11.5 Å². The molecule has 0 saturated carbocycles. The van der Waals surface area contributed by atoms with Gasteiger partial charge in [-0.1, -0.05) is 13.8 Å². The molecule has 2 aromatic rings. The van der Waals surface area contributed by atoms with E-state index in [1.54, 1.807) is 26.4 Å². The highest BCUT2D eigenvalue weighted by Crippen LogP contribution is 2.30. The maximum absolute atomic E-state index is 12.7. The van der Waals surface area contributed by atoms with E-state index in [-0.39, 0.29) is 17.9 Å². The van der Waals surface area contributed by atoms with Crippen LogP contribution in [0, 0.1) is 19.8 Å². The summed E-state index contributed by atoms with van der Waals surface area (Å²) in [6.07, 6.45) is 0. The Bertz CT molecular complexity index is 699. The number of aromatic amines is 1. The lowest BCUT2D eigenvalue weighted by Crippen LogP contribution is -2.32. The van der Waals surface area contributed by atoms with Gasteiger partial charge in [-0.05, 0) is 31.9 Å². The molecule has 1 heterocycles. The van der Waals surface area contributed by atoms with Crippen LogP contribution in [0.4, 0.5) is 0 Å². The minimum absolute atomic E-state index is 0.137. The Morgan fingerprint density at radius 2 is 1.75 bits per heavy atom. The Kier molecular flexibility index (Phi) is 5.43. The van der Waals surface area contributed by atoms with Crippen molar-refractivity contribution in [3.8, 4) is 11.5 Å². The predicted octanol–water partition coefficient (Wildman–Crippen LogP) is 2.57. The maximum atomic E-state index is 12.7. The Hall–Kier alpha value is -2.57. The molecule has 24 heavy (non-hydrogen) atoms. The van der Waals surface area contributed by atoms with Gasteiger partial charge in [0, 0.05) is 11.1 Å². The van der Waals surface area contributed by atoms with Crippen molar-refractivity contribution >= 4 is 5.91 Å². The van der Waals surface area contributed by atoms with Crippen molar-refractivity contribution in [3.63, 3.8) is 0 Å². The molecular weight excluding hydrogens is 308 g/mol. The van der Waals surface area contributed by atoms with Crippen molar-refractivity contribution in [2.24, 2.45) is 5.92 Å². The molecule has 0 spiro atoms. The number of ether oxygens (including phenoxy) is 2. The Morgan fingerprint density at radius 3 is 2.17 bits per heavy atom. The Labute approximate surface area is 141 Å². The first-order chi connectivity index (χ1) is 11.4. The average molecular weight is 332 g/mol. The van der Waals surface area contributed by atoms with E-state index >= 15 is 0 Å². The molecule has 1 aromatic heterocycles. The van der Waals surface area contributed by atoms with E-state index < -0.39 is 0 Å². The standard InChI is InChI=1S/C17H24N4O3/c1-9(2)15(16-18-11(4)20-21-16)19-17(22)12-7-13(23-5)10(3)14(8-12)24-6/h7-9,15H,1-6H3,(H,19,22)(H,18,20,21). The number of methoxy groups -OCH3 is 2. The zero-order chi connectivity index (χ0) is 17.9. The van der Waals surface area contributed by atoms with Gasteiger partial charge in [0.15, 0.2) is 5.82 Å². The van der Waals surface area contributed by atoms with Crippen molar-refractivity contribution in [3.05, 3.63) is 34.9 Å². The highest BCUT2D eigenvalue weighted by Gasteiger charge is 2.24. The lowest BCUT2D eigenvalue weighted by Gasteiger charge is -2.20. The zero-order valence-electron chi connectivity index (χ0n) is 14.9. The van der Waals surface area contributed by atoms with Gasteiger partial charge in [-0.3, -0.25) is 9.89 Å². The number of H-pyrrole nitrogens is 1. The number of amides is 1. The smallest absolute Gasteiger partial charge is 0.252 e. The topological polar surface area (TPSA) is 89.1 Å². The fourth-order valence-corrected chi connectivity index (χ4v) is 2.47. The lowest BCUT2D eigenvalue weighted by atomic mass is 10.0. The zero-order valence-corrected chi connectivity index (χ0v) is 14.9. The first-order valence-electron chi connectivity index (χ1n) is 7.79. The summed E-state index contributed by atoms with van der Waals surface area (Å²) in [5.41, 5.74) is 1.31. The summed E-state index contributed by atoms with van der Waals surface area (Å²) < 4.78 is 10.7. The molecule has 130 valence electrons. The molecule has 1 atom stereocenters. The third-order valence-electron chi connectivity index (χ3n) is 3.86. The molecule has 1 unspecified atom stereocenters. The molecule has 2 rings (SSSR count). The number of benzene rings is 1. The van der Waals surface area contributed by atoms with Crippen LogP contribution < -0.4 is 14.8 Å². The van der Waals surface area contributed by atoms with Gasteiger partial charge < -0.3 is 14.8 Å². The van der Waals surface area contributed by atoms with Gasteiger partial charge >= 0.3 is 0 Å². The number of hydrogen-bond acceptors (Lipinski definition) is 5. The predicted molar refractivity (Wildman–Crippen MR) is 90.4 cm³/mol. The van der Waals surface area contributed by atoms with Crippen molar-refractivity contribution in [1.29, 1.82) is 0 Å². The second kappa shape index (κ2) is 7.33. The van der Waals surface area contributed by atoms with Crippen molar-refractivity contribution in [2.75, 3.05) is 14.2 Å². The molecule has 7 nitrogen and oxygen atoms in total. The molecule has 1 amide bonds. The fraction of sp³-hybridized carbons (Fsp3) is 0.471. The highest BCUT2D eigenvalue weighted by atomic mass is 16.5. The molecule has 0 aliphatic heterocycles. The third-order valence-corrected chi connectivity index (χ3v) is 3.86. The third kappa shape index (κ3) is 3.67. The molecular formula is C17H24N4O3. The van der Waals surface area contributed by atoms with Gasteiger partial charge in [-0.2, -0.15) is 5.10 Å². The van der Waals surface area contributed by atoms with Crippen molar-refractivity contribution in [2.45, 2.75) is 33.7 Å². The second-order valence-corrected chi connectivity index (χ2v) is 5.98. The summed E-state index contributed by atoms with van der Waals surface area (Å²) in [6.45, 7) is 7.72. The molecule has 0 bridgehead atoms. The average Bonchev–Trinajstić information content (AvgIpc) is 2.98. The first-order valence-corrected chi connectivity index (χ1v) is 7.79. The maximum Gasteiger partial charge on any atom is 0.252 e. The number of rotatable bonds is 6. The van der Waals surface area contributed by atoms with Crippen LogP contribution >= 0.6 is 0 Å². The number of nitrogens with one attached hydrogen (secondary N) is 2. The summed E-state index contributed by atoms with van der Waals surface area (Å²) in [6, 6.07) is 3.11. The summed E-state index contributed by atoms with van der Waals surface area (Å²) in [5, 5.41) is 9.96. The molecule has 0 aliphatic rings. The van der Waals surface area contributed by atoms with E-state index in [0.29, 0.717) is 28.7 Å². The lowest BCUT2D eigenvalue weighted by molar-refractivity contribution is 0.0922. The van der Waals surface area contributed by atoms with Crippen molar-refractivity contribution < 1.29 is 14.3 Å². The van der Waals surface area contributed by atoms with Gasteiger partial charge in [0.05, 0.1) is 20.3 Å². The number of aromatic nitrogens is 3. The second-order valence-electron chi connectivity index (χ2n) is 5.98. The summed E-state index contributed by atoms with van der Waals surface area (Å²) >= 11 is 0. The van der Waals surface area contributed by atoms with E-state index in [2.05, 4.69) is 20.5 Å². The minimum atomic E-state index is -0.291. The molecule has 0 saturated heterocycles. The first kappa shape index (κ1) is 17.8. The molecule has 1 aromatic carbocycles. The number of carbonyl (C=O) groups excluding carboxylic acids is 1. The molecule has 0 radical (unpaired) electrons. The number of hydrogen-bond donors (Lipinski definition) is 2. The van der Waals surface area contributed by atoms with E-state index in [9.17, 15) is 4.79 Å². The Balaban J connectivity index is 2.30. The van der Waals surface area contributed by atoms with E-state index in [0.717, 1.165) is 5.56 Å². The summed E-state index contributed by atoms with van der Waals surface area (Å²) in [4.78, 5) is 17.0. The molecule has 2 N–H and O–H groups in total. The minimum Gasteiger partial charge on any atom is -0.496 e. The highest BCUT2D eigenvalue weighted by molar-refractivity contribution is 5.95. The number of carbonyl (C=O) groups is 1. The van der Waals surface area contributed by atoms with Crippen LogP contribution in [-0.4, -0.2) is 35.3 Å². The molecule has 7 heteroatoms. The van der Waals surface area contributed by atoms with E-state index in [1.807, 2.05) is 27.7 Å². The fourth-order valence-electron chi connectivity index (χ4n) is 2.47. The number of aryl methyl sites for hydroxylation is 1. The van der Waals surface area contributed by atoms with Crippen LogP contribution in [0.3, 0.4) is 0 Å². The molecule has 0 aliphatic carbocycles. The Morgan fingerprint density at radius 1 is 1.17 bits per heavy atom. The van der Waals surface area contributed by atoms with Crippen LogP contribution in [-0.2, 0) is 0 Å². The normalized spacial score (nSPS) is 12.1. The van der Waals surface area contributed by atoms with Gasteiger partial charge in [0.2, 0.25) is 0 Å². The monoisotopic (exact) mass is 332 g/mol. The van der Waals surface area contributed by atoms with Gasteiger partial charge in [-0.15, -0.1) is 0 Å². The van der Waals surface area contributed by atoms with Gasteiger partial charge in [-0.25, -0.2) is 4.98 Å². The molecule has 0 fully saturated rings. The van der Waals surface area contributed by atoms with Crippen LogP contribution in [0.25, 0.3) is 0 Å². The van der Waals surface area contributed by atoms with Crippen LogP contribution in [0.15, 0.2) is 12.1 Å². The number of nitrogens with zero attached hydrogens (tertiary/aromatic N) is 2. The summed E-state index contributed by atoms with van der Waals surface area (Å²) in [5.74, 6) is 2.40. The SMILES string of the molecule is COc1cc(C(=O)NC(c2n[nH]c(C)n2)C(C)C)cc(OC)c1C. The van der Waals surface area contributed by atoms with Crippen LogP contribution in [0.1, 0.15) is 47.5 Å². The van der Waals surface area contributed by atoms with Gasteiger partial charge in [0.1, 0.15) is 17.3 Å². The van der Waals surface area contributed by atoms with Gasteiger partial charge in [0.25, 0.3) is 5.91 Å². The van der Waals surface area contributed by atoms with E-state index in [1.165, 1.54) is 0 Å². The van der Waals surface area contributed by atoms with Crippen LogP contribution in [0.2, 0.25) is 0 Å². The largest absolute Gasteiger partial charge is 0.496 e. The van der Waals surface area contributed by atoms with E-state index in [4.69, 9.17) is 9.47 Å². The summed E-state index contributed by atoms with van der Waals surface area (Å²) in [7, 11) is 3.13.